The fourth-order valence-electron chi connectivity index (χ4n) is 2.31. The van der Waals surface area contributed by atoms with Crippen molar-refractivity contribution in [3.8, 4) is 0 Å². The number of aromatic amines is 1. The topological polar surface area (TPSA) is 54.9 Å². The smallest absolute Gasteiger partial charge is 0.304 e. The van der Waals surface area contributed by atoms with Gasteiger partial charge in [0.1, 0.15) is 0 Å². The van der Waals surface area contributed by atoms with Crippen molar-refractivity contribution in [1.29, 1.82) is 0 Å². The summed E-state index contributed by atoms with van der Waals surface area (Å²) < 4.78 is 2.06. The summed E-state index contributed by atoms with van der Waals surface area (Å²) in [4.78, 5) is 25.5. The van der Waals surface area contributed by atoms with Gasteiger partial charge in [-0.25, -0.2) is 0 Å². The number of nitrogens with one attached hydrogen (secondary N) is 1. The molecule has 0 fully saturated rings. The Balaban J connectivity index is 1.94. The molecule has 0 unspecified atom stereocenters. The summed E-state index contributed by atoms with van der Waals surface area (Å²) in [6, 6.07) is 1.89. The molecule has 2 aromatic rings. The van der Waals surface area contributed by atoms with Crippen molar-refractivity contribution >= 4 is 17.1 Å². The first-order valence-electron chi connectivity index (χ1n) is 5.62. The highest BCUT2D eigenvalue weighted by Crippen LogP contribution is 2.22. The van der Waals surface area contributed by atoms with Crippen molar-refractivity contribution in [1.82, 2.24) is 9.55 Å². The number of nitrogens with zero attached hydrogens (tertiary/aromatic N) is 1. The lowest BCUT2D eigenvalue weighted by molar-refractivity contribution is 0.0972. The van der Waals surface area contributed by atoms with E-state index in [1.54, 1.807) is 0 Å². The lowest BCUT2D eigenvalue weighted by Crippen LogP contribution is -2.13. The minimum Gasteiger partial charge on any atom is -0.345 e. The molecule has 88 valence electrons. The second kappa shape index (κ2) is 4.00. The summed E-state index contributed by atoms with van der Waals surface area (Å²) >= 11 is 1.17. The first-order chi connectivity index (χ1) is 8.24. The predicted molar refractivity (Wildman–Crippen MR) is 65.7 cm³/mol. The molecule has 1 aliphatic carbocycles. The Morgan fingerprint density at radius 3 is 3.00 bits per heavy atom. The summed E-state index contributed by atoms with van der Waals surface area (Å²) in [7, 11) is 0. The van der Waals surface area contributed by atoms with Gasteiger partial charge in [-0.2, -0.15) is 0 Å². The number of rotatable bonds is 2. The quantitative estimate of drug-likeness (QED) is 0.881. The molecule has 1 aliphatic rings. The molecule has 0 aromatic carbocycles. The minimum atomic E-state index is -0.0305. The van der Waals surface area contributed by atoms with Crippen LogP contribution in [-0.2, 0) is 13.0 Å². The second-order valence-electron chi connectivity index (χ2n) is 4.25. The van der Waals surface area contributed by atoms with Crippen LogP contribution in [-0.4, -0.2) is 15.3 Å². The fourth-order valence-corrected chi connectivity index (χ4v) is 2.88. The molecule has 0 spiro atoms. The van der Waals surface area contributed by atoms with Crippen molar-refractivity contribution in [2.75, 3.05) is 0 Å². The zero-order valence-corrected chi connectivity index (χ0v) is 10.0. The van der Waals surface area contributed by atoms with E-state index in [9.17, 15) is 9.59 Å². The Kier molecular flexibility index (Phi) is 2.48. The number of hydrogen-bond donors (Lipinski definition) is 1. The van der Waals surface area contributed by atoms with Gasteiger partial charge in [0, 0.05) is 34.9 Å². The summed E-state index contributed by atoms with van der Waals surface area (Å²) in [6.07, 6.45) is 4.47. The van der Waals surface area contributed by atoms with Gasteiger partial charge < -0.3 is 9.55 Å². The fraction of sp³-hybridized carbons (Fsp3) is 0.333. The Bertz CT molecular complexity index is 620. The van der Waals surface area contributed by atoms with E-state index in [1.807, 2.05) is 17.6 Å². The molecular weight excluding hydrogens is 236 g/mol. The third-order valence-electron chi connectivity index (χ3n) is 3.11. The molecule has 0 bridgehead atoms. The lowest BCUT2D eigenvalue weighted by atomic mass is 9.97. The zero-order valence-electron chi connectivity index (χ0n) is 9.23. The molecule has 1 N–H and O–H groups in total. The number of carbonyl (C=O) groups is 1. The number of thiazole rings is 1. The van der Waals surface area contributed by atoms with Gasteiger partial charge in [-0.05, 0) is 18.9 Å². The molecule has 0 aliphatic heterocycles. The van der Waals surface area contributed by atoms with Crippen LogP contribution in [0.15, 0.2) is 22.4 Å². The number of hydrogen-bond acceptors (Lipinski definition) is 3. The molecule has 0 amide bonds. The summed E-state index contributed by atoms with van der Waals surface area (Å²) in [5.41, 5.74) is 2.86. The normalized spacial score (nSPS) is 14.9. The number of aromatic nitrogens is 2. The van der Waals surface area contributed by atoms with Crippen LogP contribution in [0.4, 0.5) is 0 Å². The Hall–Kier alpha value is -1.62. The number of ketones is 1. The Morgan fingerprint density at radius 2 is 2.24 bits per heavy atom. The van der Waals surface area contributed by atoms with E-state index < -0.39 is 0 Å². The van der Waals surface area contributed by atoms with Crippen LogP contribution in [0.2, 0.25) is 0 Å². The van der Waals surface area contributed by atoms with Gasteiger partial charge in [0.25, 0.3) is 0 Å². The van der Waals surface area contributed by atoms with E-state index in [0.29, 0.717) is 13.0 Å². The standard InChI is InChI=1S/C12H12N2O2S/c15-11-3-1-2-10-9(11)4-5-14(10)6-8-7-17-12(16)13-8/h4-5,7H,1-3,6H2,(H,13,16). The molecule has 0 atom stereocenters. The summed E-state index contributed by atoms with van der Waals surface area (Å²) in [6.45, 7) is 0.640. The maximum absolute atomic E-state index is 11.7. The first kappa shape index (κ1) is 10.5. The van der Waals surface area contributed by atoms with E-state index in [0.717, 1.165) is 29.8 Å². The van der Waals surface area contributed by atoms with E-state index >= 15 is 0 Å². The Labute approximate surface area is 102 Å². The van der Waals surface area contributed by atoms with E-state index in [1.165, 1.54) is 11.3 Å². The third-order valence-corrected chi connectivity index (χ3v) is 3.83. The van der Waals surface area contributed by atoms with Crippen molar-refractivity contribution in [3.05, 3.63) is 44.3 Å². The van der Waals surface area contributed by atoms with Crippen molar-refractivity contribution in [2.45, 2.75) is 25.8 Å². The molecule has 4 nitrogen and oxygen atoms in total. The van der Waals surface area contributed by atoms with Gasteiger partial charge >= 0.3 is 4.87 Å². The minimum absolute atomic E-state index is 0.0305. The van der Waals surface area contributed by atoms with Crippen molar-refractivity contribution in [2.24, 2.45) is 0 Å². The van der Waals surface area contributed by atoms with E-state index in [4.69, 9.17) is 0 Å². The van der Waals surface area contributed by atoms with Crippen LogP contribution in [0.5, 0.6) is 0 Å². The van der Waals surface area contributed by atoms with Crippen LogP contribution in [0.3, 0.4) is 0 Å². The van der Waals surface area contributed by atoms with Gasteiger partial charge in [-0.3, -0.25) is 9.59 Å². The summed E-state index contributed by atoms with van der Waals surface area (Å²) in [5.74, 6) is 0.240. The Morgan fingerprint density at radius 1 is 1.35 bits per heavy atom. The number of carbonyl (C=O) groups excluding carboxylic acids is 1. The van der Waals surface area contributed by atoms with Crippen LogP contribution in [0, 0.1) is 0 Å². The van der Waals surface area contributed by atoms with Crippen LogP contribution in [0.1, 0.15) is 34.6 Å². The van der Waals surface area contributed by atoms with Crippen molar-refractivity contribution < 1.29 is 4.79 Å². The largest absolute Gasteiger partial charge is 0.345 e. The lowest BCUT2D eigenvalue weighted by Gasteiger charge is -2.14. The van der Waals surface area contributed by atoms with Gasteiger partial charge in [-0.15, -0.1) is 0 Å². The molecule has 2 heterocycles. The maximum Gasteiger partial charge on any atom is 0.304 e. The molecule has 2 aromatic heterocycles. The molecule has 0 saturated heterocycles. The molecular formula is C12H12N2O2S. The molecule has 0 radical (unpaired) electrons. The monoisotopic (exact) mass is 248 g/mol. The third kappa shape index (κ3) is 1.86. The second-order valence-corrected chi connectivity index (χ2v) is 5.10. The van der Waals surface area contributed by atoms with Gasteiger partial charge in [0.15, 0.2) is 5.78 Å². The maximum atomic E-state index is 11.7. The average Bonchev–Trinajstić information content (AvgIpc) is 2.88. The number of Topliss-reactive ketones (excluding diaryl/α,β-unsaturated/α-hetero) is 1. The van der Waals surface area contributed by atoms with Crippen LogP contribution in [0.25, 0.3) is 0 Å². The summed E-state index contributed by atoms with van der Waals surface area (Å²) in [5, 5.41) is 1.83. The highest BCUT2D eigenvalue weighted by atomic mass is 32.1. The number of fused-ring (bicyclic) bond motifs is 1. The molecule has 3 rings (SSSR count). The number of H-pyrrole nitrogens is 1. The molecule has 5 heteroatoms. The average molecular weight is 248 g/mol. The van der Waals surface area contributed by atoms with Crippen LogP contribution < -0.4 is 4.87 Å². The van der Waals surface area contributed by atoms with Gasteiger partial charge in [0.05, 0.1) is 6.54 Å². The molecule has 17 heavy (non-hydrogen) atoms. The first-order valence-corrected chi connectivity index (χ1v) is 6.50. The van der Waals surface area contributed by atoms with E-state index in [2.05, 4.69) is 9.55 Å². The molecule has 0 saturated carbocycles. The van der Waals surface area contributed by atoms with Crippen LogP contribution >= 0.6 is 11.3 Å². The van der Waals surface area contributed by atoms with Crippen molar-refractivity contribution in [3.63, 3.8) is 0 Å². The SMILES string of the molecule is O=C1CCCc2c1ccn2Cc1csc(=O)[nH]1. The van der Waals surface area contributed by atoms with Gasteiger partial charge in [-0.1, -0.05) is 11.3 Å². The van der Waals surface area contributed by atoms with Gasteiger partial charge in [0.2, 0.25) is 0 Å². The predicted octanol–water partition coefficient (Wildman–Crippen LogP) is 1.81. The van der Waals surface area contributed by atoms with E-state index in [-0.39, 0.29) is 10.7 Å². The highest BCUT2D eigenvalue weighted by molar-refractivity contribution is 7.07. The zero-order chi connectivity index (χ0) is 11.8. The highest BCUT2D eigenvalue weighted by Gasteiger charge is 2.20.